The zero-order valence-electron chi connectivity index (χ0n) is 12.5. The summed E-state index contributed by atoms with van der Waals surface area (Å²) in [5.41, 5.74) is 1.57. The summed E-state index contributed by atoms with van der Waals surface area (Å²) in [5.74, 6) is 0.433. The van der Waals surface area contributed by atoms with Crippen LogP contribution in [0.2, 0.25) is 0 Å². The molecule has 1 aromatic carbocycles. The summed E-state index contributed by atoms with van der Waals surface area (Å²) in [5, 5.41) is 0. The second-order valence-electron chi connectivity index (χ2n) is 5.44. The lowest BCUT2D eigenvalue weighted by atomic mass is 10.1. The van der Waals surface area contributed by atoms with E-state index >= 15 is 0 Å². The highest BCUT2D eigenvalue weighted by Gasteiger charge is 2.33. The average Bonchev–Trinajstić information content (AvgIpc) is 2.92. The molecule has 0 unspecified atom stereocenters. The molecule has 120 valence electrons. The van der Waals surface area contributed by atoms with E-state index < -0.39 is 11.7 Å². The number of alkyl halides is 3. The van der Waals surface area contributed by atoms with Crippen molar-refractivity contribution in [3.8, 4) is 11.3 Å². The highest BCUT2D eigenvalue weighted by molar-refractivity contribution is 5.79. The average molecular weight is 328 g/mol. The lowest BCUT2D eigenvalue weighted by Gasteiger charge is -2.11. The van der Waals surface area contributed by atoms with Crippen molar-refractivity contribution in [2.75, 3.05) is 0 Å². The Hall–Kier alpha value is -2.96. The van der Waals surface area contributed by atoms with Gasteiger partial charge in [-0.25, -0.2) is 9.97 Å². The number of nitrogens with zero attached hydrogens (tertiary/aromatic N) is 4. The van der Waals surface area contributed by atoms with Crippen LogP contribution in [0, 0.1) is 6.92 Å². The maximum Gasteiger partial charge on any atom is 0.418 e. The number of hydrogen-bond acceptors (Lipinski definition) is 3. The Bertz CT molecular complexity index is 1070. The highest BCUT2D eigenvalue weighted by Crippen LogP contribution is 2.33. The van der Waals surface area contributed by atoms with Crippen LogP contribution in [0.15, 0.2) is 48.8 Å². The summed E-state index contributed by atoms with van der Waals surface area (Å²) in [7, 11) is 0. The van der Waals surface area contributed by atoms with Gasteiger partial charge in [-0.3, -0.25) is 9.38 Å². The molecular formula is C17H11F3N4. The van der Waals surface area contributed by atoms with Crippen LogP contribution in [0.1, 0.15) is 11.3 Å². The van der Waals surface area contributed by atoms with Gasteiger partial charge in [0.25, 0.3) is 0 Å². The van der Waals surface area contributed by atoms with Gasteiger partial charge in [0.2, 0.25) is 5.78 Å². The summed E-state index contributed by atoms with van der Waals surface area (Å²) in [6.45, 7) is 1.34. The zero-order valence-corrected chi connectivity index (χ0v) is 12.5. The Morgan fingerprint density at radius 3 is 2.62 bits per heavy atom. The largest absolute Gasteiger partial charge is 0.418 e. The van der Waals surface area contributed by atoms with Gasteiger partial charge in [-0.2, -0.15) is 13.2 Å². The fourth-order valence-electron chi connectivity index (χ4n) is 2.67. The van der Waals surface area contributed by atoms with Crippen LogP contribution in [0.25, 0.3) is 28.1 Å². The van der Waals surface area contributed by atoms with Crippen molar-refractivity contribution in [3.05, 3.63) is 60.0 Å². The fourth-order valence-corrected chi connectivity index (χ4v) is 2.67. The number of aromatic nitrogens is 4. The van der Waals surface area contributed by atoms with E-state index in [1.165, 1.54) is 13.1 Å². The summed E-state index contributed by atoms with van der Waals surface area (Å²) < 4.78 is 41.0. The van der Waals surface area contributed by atoms with E-state index in [1.807, 2.05) is 24.3 Å². The molecule has 0 N–H and O–H groups in total. The lowest BCUT2D eigenvalue weighted by Crippen LogP contribution is -2.09. The number of benzene rings is 1. The normalized spacial score (nSPS) is 12.2. The topological polar surface area (TPSA) is 43.1 Å². The van der Waals surface area contributed by atoms with Crippen LogP contribution in [0.5, 0.6) is 0 Å². The number of imidazole rings is 1. The molecule has 0 radical (unpaired) electrons. The molecule has 0 atom stereocenters. The Labute approximate surface area is 134 Å². The van der Waals surface area contributed by atoms with Crippen LogP contribution >= 0.6 is 0 Å². The summed E-state index contributed by atoms with van der Waals surface area (Å²) in [6, 6.07) is 10.3. The first-order chi connectivity index (χ1) is 11.4. The van der Waals surface area contributed by atoms with E-state index in [0.29, 0.717) is 17.0 Å². The molecule has 0 aliphatic rings. The van der Waals surface area contributed by atoms with Gasteiger partial charge < -0.3 is 0 Å². The maximum absolute atomic E-state index is 13.1. The molecule has 4 aromatic rings. The Balaban J connectivity index is 1.89. The van der Waals surface area contributed by atoms with Crippen molar-refractivity contribution < 1.29 is 13.2 Å². The molecule has 24 heavy (non-hydrogen) atoms. The minimum Gasteiger partial charge on any atom is -0.284 e. The number of rotatable bonds is 1. The van der Waals surface area contributed by atoms with Gasteiger partial charge in [0, 0.05) is 23.7 Å². The van der Waals surface area contributed by atoms with E-state index in [-0.39, 0.29) is 5.69 Å². The fraction of sp³-hybridized carbons (Fsp3) is 0.118. The molecule has 0 spiro atoms. The van der Waals surface area contributed by atoms with Crippen molar-refractivity contribution in [1.82, 2.24) is 19.4 Å². The van der Waals surface area contributed by atoms with E-state index in [2.05, 4.69) is 15.0 Å². The van der Waals surface area contributed by atoms with E-state index in [0.717, 1.165) is 17.1 Å². The van der Waals surface area contributed by atoms with Crippen molar-refractivity contribution in [1.29, 1.82) is 0 Å². The molecule has 0 bridgehead atoms. The first kappa shape index (κ1) is 14.6. The molecule has 0 fully saturated rings. The monoisotopic (exact) mass is 328 g/mol. The molecule has 4 rings (SSSR count). The quantitative estimate of drug-likeness (QED) is 0.524. The van der Waals surface area contributed by atoms with Gasteiger partial charge in [-0.05, 0) is 31.2 Å². The Morgan fingerprint density at radius 2 is 1.83 bits per heavy atom. The third-order valence-corrected chi connectivity index (χ3v) is 3.87. The van der Waals surface area contributed by atoms with Crippen LogP contribution in [0.4, 0.5) is 13.2 Å². The van der Waals surface area contributed by atoms with Crippen LogP contribution in [-0.4, -0.2) is 19.4 Å². The molecule has 0 saturated carbocycles. The minimum absolute atomic E-state index is 0.0566. The predicted octanol–water partition coefficient (Wildman–Crippen LogP) is 4.27. The summed E-state index contributed by atoms with van der Waals surface area (Å²) in [4.78, 5) is 12.6. The molecule has 4 nitrogen and oxygen atoms in total. The van der Waals surface area contributed by atoms with Crippen molar-refractivity contribution >= 4 is 16.8 Å². The van der Waals surface area contributed by atoms with Gasteiger partial charge in [0.1, 0.15) is 0 Å². The molecule has 0 aliphatic carbocycles. The second-order valence-corrected chi connectivity index (χ2v) is 5.44. The Kier molecular flexibility index (Phi) is 3.06. The number of fused-ring (bicyclic) bond motifs is 3. The lowest BCUT2D eigenvalue weighted by molar-refractivity contribution is -0.138. The molecule has 0 aliphatic heterocycles. The van der Waals surface area contributed by atoms with Crippen LogP contribution < -0.4 is 0 Å². The number of aryl methyl sites for hydroxylation is 1. The third-order valence-electron chi connectivity index (χ3n) is 3.87. The molecular weight excluding hydrogens is 317 g/mol. The molecule has 0 amide bonds. The van der Waals surface area contributed by atoms with Crippen LogP contribution in [0.3, 0.4) is 0 Å². The third kappa shape index (κ3) is 2.29. The van der Waals surface area contributed by atoms with E-state index in [1.54, 1.807) is 16.7 Å². The molecule has 0 saturated heterocycles. The summed E-state index contributed by atoms with van der Waals surface area (Å²) in [6.07, 6.45) is -1.30. The smallest absolute Gasteiger partial charge is 0.284 e. The molecule has 3 aromatic heterocycles. The number of pyridine rings is 1. The highest BCUT2D eigenvalue weighted by atomic mass is 19.4. The van der Waals surface area contributed by atoms with Crippen LogP contribution in [-0.2, 0) is 6.18 Å². The van der Waals surface area contributed by atoms with Gasteiger partial charge in [0.05, 0.1) is 22.3 Å². The standard InChI is InChI=1S/C17H11F3N4/c1-10-12(17(18,19)20)8-11(9-21-10)13-6-7-24-15-5-3-2-4-14(15)23-16(24)22-13/h2-9H,1H3. The van der Waals surface area contributed by atoms with Gasteiger partial charge >= 0.3 is 6.18 Å². The van der Waals surface area contributed by atoms with Crippen molar-refractivity contribution in [3.63, 3.8) is 0 Å². The van der Waals surface area contributed by atoms with E-state index in [4.69, 9.17) is 0 Å². The first-order valence-corrected chi connectivity index (χ1v) is 7.21. The SMILES string of the molecule is Cc1ncc(-c2ccn3c(n2)nc2ccccc23)cc1C(F)(F)F. The number of halogens is 3. The summed E-state index contributed by atoms with van der Waals surface area (Å²) >= 11 is 0. The maximum atomic E-state index is 13.1. The van der Waals surface area contributed by atoms with Crippen molar-refractivity contribution in [2.24, 2.45) is 0 Å². The Morgan fingerprint density at radius 1 is 1.04 bits per heavy atom. The zero-order chi connectivity index (χ0) is 16.9. The second kappa shape index (κ2) is 5.02. The van der Waals surface area contributed by atoms with Crippen molar-refractivity contribution in [2.45, 2.75) is 13.1 Å². The first-order valence-electron chi connectivity index (χ1n) is 7.21. The molecule has 3 heterocycles. The van der Waals surface area contributed by atoms with Gasteiger partial charge in [-0.15, -0.1) is 0 Å². The number of hydrogen-bond donors (Lipinski definition) is 0. The number of para-hydroxylation sites is 2. The van der Waals surface area contributed by atoms with Gasteiger partial charge in [0.15, 0.2) is 0 Å². The minimum atomic E-state index is -4.45. The van der Waals surface area contributed by atoms with Gasteiger partial charge in [-0.1, -0.05) is 12.1 Å². The predicted molar refractivity (Wildman–Crippen MR) is 83.5 cm³/mol. The van der Waals surface area contributed by atoms with E-state index in [9.17, 15) is 13.2 Å². The molecule has 7 heteroatoms.